The van der Waals surface area contributed by atoms with Crippen molar-refractivity contribution >= 4 is 17.4 Å². The number of rotatable bonds is 6. The number of Topliss-reactive ketones (excluding diaryl/α,β-unsaturated/α-hetero) is 1. The fourth-order valence-electron chi connectivity index (χ4n) is 4.74. The van der Waals surface area contributed by atoms with Crippen molar-refractivity contribution < 1.29 is 4.79 Å². The molecule has 1 aliphatic rings. The quantitative estimate of drug-likeness (QED) is 0.419. The Bertz CT molecular complexity index is 1030. The van der Waals surface area contributed by atoms with Crippen LogP contribution >= 0.6 is 11.6 Å². The van der Waals surface area contributed by atoms with E-state index in [1.165, 1.54) is 16.7 Å². The van der Waals surface area contributed by atoms with Gasteiger partial charge in [-0.25, -0.2) is 0 Å². The molecule has 0 spiro atoms. The van der Waals surface area contributed by atoms with Crippen molar-refractivity contribution in [1.29, 1.82) is 0 Å². The van der Waals surface area contributed by atoms with Gasteiger partial charge in [0.05, 0.1) is 6.04 Å². The lowest BCUT2D eigenvalue weighted by molar-refractivity contribution is 0.0195. The smallest absolute Gasteiger partial charge is 0.159 e. The summed E-state index contributed by atoms with van der Waals surface area (Å²) in [5.41, 5.74) is 4.57. The van der Waals surface area contributed by atoms with Gasteiger partial charge in [-0.15, -0.1) is 0 Å². The zero-order valence-electron chi connectivity index (χ0n) is 19.0. The molecule has 3 aromatic rings. The van der Waals surface area contributed by atoms with Crippen LogP contribution in [0.4, 0.5) is 0 Å². The Morgan fingerprint density at radius 2 is 1.50 bits per heavy atom. The third kappa shape index (κ3) is 5.12. The van der Waals surface area contributed by atoms with Gasteiger partial charge in [0.25, 0.3) is 0 Å². The molecular weight excluding hydrogens is 416 g/mol. The number of halogens is 1. The summed E-state index contributed by atoms with van der Waals surface area (Å²) in [7, 11) is 0. The highest BCUT2D eigenvalue weighted by atomic mass is 35.5. The van der Waals surface area contributed by atoms with Crippen molar-refractivity contribution in [3.05, 3.63) is 106 Å². The Balaban J connectivity index is 1.59. The van der Waals surface area contributed by atoms with Gasteiger partial charge < -0.3 is 0 Å². The van der Waals surface area contributed by atoms with Crippen LogP contribution in [0.15, 0.2) is 78.9 Å². The van der Waals surface area contributed by atoms with Gasteiger partial charge >= 0.3 is 0 Å². The van der Waals surface area contributed by atoms with Gasteiger partial charge in [0.2, 0.25) is 0 Å². The number of carbonyl (C=O) groups excluding carboxylic acids is 1. The molecule has 3 aromatic carbocycles. The number of hydrogen-bond donors (Lipinski definition) is 0. The summed E-state index contributed by atoms with van der Waals surface area (Å²) in [6.07, 6.45) is 0. The number of ketones is 1. The van der Waals surface area contributed by atoms with Crippen LogP contribution in [-0.4, -0.2) is 40.8 Å². The summed E-state index contributed by atoms with van der Waals surface area (Å²) in [4.78, 5) is 16.9. The van der Waals surface area contributed by atoms with Crippen molar-refractivity contribution in [1.82, 2.24) is 9.80 Å². The molecule has 0 bridgehead atoms. The Morgan fingerprint density at radius 1 is 0.875 bits per heavy atom. The second kappa shape index (κ2) is 9.99. The summed E-state index contributed by atoms with van der Waals surface area (Å²) in [5.74, 6) is 0.102. The number of benzene rings is 3. The number of carbonyl (C=O) groups is 1. The lowest BCUT2D eigenvalue weighted by Gasteiger charge is -2.47. The molecule has 32 heavy (non-hydrogen) atoms. The Morgan fingerprint density at radius 3 is 2.12 bits per heavy atom. The van der Waals surface area contributed by atoms with Crippen molar-refractivity contribution in [2.24, 2.45) is 0 Å². The van der Waals surface area contributed by atoms with Crippen LogP contribution in [0.1, 0.15) is 53.9 Å². The topological polar surface area (TPSA) is 23.6 Å². The summed E-state index contributed by atoms with van der Waals surface area (Å²) < 4.78 is 0. The largest absolute Gasteiger partial charge is 0.295 e. The van der Waals surface area contributed by atoms with Crippen LogP contribution in [-0.2, 0) is 6.54 Å². The SMILES string of the molecule is CC(=O)c1ccc([C@H](c2ccccc2)N2C[C@@H](C)N(Cc3ccc(Cl)cc3)C[C@@H]2C)cc1. The fraction of sp³-hybridized carbons (Fsp3) is 0.321. The molecule has 0 radical (unpaired) electrons. The number of hydrogen-bond acceptors (Lipinski definition) is 3. The van der Waals surface area contributed by atoms with Crippen LogP contribution in [0.3, 0.4) is 0 Å². The van der Waals surface area contributed by atoms with E-state index in [9.17, 15) is 4.79 Å². The Labute approximate surface area is 196 Å². The standard InChI is InChI=1S/C28H31ClN2O/c1-20-18-31(21(2)17-30(20)19-23-9-15-27(29)16-10-23)28(25-7-5-4-6-8-25)26-13-11-24(12-14-26)22(3)32/h4-16,20-21,28H,17-19H2,1-3H3/t20-,21+,28+/m1/s1. The highest BCUT2D eigenvalue weighted by Crippen LogP contribution is 2.33. The number of nitrogens with zero attached hydrogens (tertiary/aromatic N) is 2. The van der Waals surface area contributed by atoms with Crippen LogP contribution < -0.4 is 0 Å². The van der Waals surface area contributed by atoms with Gasteiger partial charge in [-0.1, -0.05) is 78.3 Å². The second-order valence-corrected chi connectivity index (χ2v) is 9.38. The summed E-state index contributed by atoms with van der Waals surface area (Å²) in [6, 6.07) is 28.0. The minimum absolute atomic E-state index is 0.102. The van der Waals surface area contributed by atoms with Crippen LogP contribution in [0.5, 0.6) is 0 Å². The van der Waals surface area contributed by atoms with Crippen molar-refractivity contribution in [2.45, 2.75) is 45.4 Å². The van der Waals surface area contributed by atoms with Gasteiger partial charge in [0.15, 0.2) is 5.78 Å². The maximum absolute atomic E-state index is 11.8. The first-order chi connectivity index (χ1) is 15.4. The molecule has 0 amide bonds. The third-order valence-electron chi connectivity index (χ3n) is 6.54. The first-order valence-electron chi connectivity index (χ1n) is 11.3. The number of piperazine rings is 1. The van der Waals surface area contributed by atoms with E-state index in [2.05, 4.69) is 78.2 Å². The molecule has 1 aliphatic heterocycles. The first kappa shape index (κ1) is 22.7. The maximum atomic E-state index is 11.8. The molecule has 1 fully saturated rings. The molecular formula is C28H31ClN2O. The summed E-state index contributed by atoms with van der Waals surface area (Å²) in [6.45, 7) is 9.16. The molecule has 3 atom stereocenters. The Hall–Kier alpha value is -2.46. The lowest BCUT2D eigenvalue weighted by Crippen LogP contribution is -2.56. The molecule has 1 heterocycles. The Kier molecular flexibility index (Phi) is 7.10. The molecule has 0 N–H and O–H groups in total. The van der Waals surface area contributed by atoms with Crippen LogP contribution in [0, 0.1) is 0 Å². The van der Waals surface area contributed by atoms with E-state index < -0.39 is 0 Å². The molecule has 0 aliphatic carbocycles. The molecule has 1 saturated heterocycles. The predicted molar refractivity (Wildman–Crippen MR) is 132 cm³/mol. The van der Waals surface area contributed by atoms with E-state index in [1.807, 2.05) is 24.3 Å². The lowest BCUT2D eigenvalue weighted by atomic mass is 9.92. The van der Waals surface area contributed by atoms with Gasteiger partial charge in [0, 0.05) is 42.3 Å². The average Bonchev–Trinajstić information content (AvgIpc) is 2.80. The zero-order chi connectivity index (χ0) is 22.7. The van der Waals surface area contributed by atoms with Crippen molar-refractivity contribution in [3.63, 3.8) is 0 Å². The van der Waals surface area contributed by atoms with Gasteiger partial charge in [-0.2, -0.15) is 0 Å². The summed E-state index contributed by atoms with van der Waals surface area (Å²) >= 11 is 6.06. The van der Waals surface area contributed by atoms with E-state index in [4.69, 9.17) is 11.6 Å². The van der Waals surface area contributed by atoms with Crippen molar-refractivity contribution in [3.8, 4) is 0 Å². The van der Waals surface area contributed by atoms with E-state index in [0.29, 0.717) is 12.1 Å². The van der Waals surface area contributed by atoms with E-state index in [1.54, 1.807) is 6.92 Å². The molecule has 3 nitrogen and oxygen atoms in total. The fourth-order valence-corrected chi connectivity index (χ4v) is 4.87. The molecule has 0 saturated carbocycles. The first-order valence-corrected chi connectivity index (χ1v) is 11.7. The van der Waals surface area contributed by atoms with Crippen LogP contribution in [0.25, 0.3) is 0 Å². The molecule has 4 rings (SSSR count). The normalized spacial score (nSPS) is 20.8. The molecule has 4 heteroatoms. The van der Waals surface area contributed by atoms with Gasteiger partial charge in [-0.05, 0) is 49.6 Å². The minimum atomic E-state index is 0.102. The third-order valence-corrected chi connectivity index (χ3v) is 6.79. The summed E-state index contributed by atoms with van der Waals surface area (Å²) in [5, 5.41) is 0.779. The highest BCUT2D eigenvalue weighted by Gasteiger charge is 2.34. The van der Waals surface area contributed by atoms with E-state index in [-0.39, 0.29) is 11.8 Å². The minimum Gasteiger partial charge on any atom is -0.295 e. The zero-order valence-corrected chi connectivity index (χ0v) is 19.8. The van der Waals surface area contributed by atoms with Crippen molar-refractivity contribution in [2.75, 3.05) is 13.1 Å². The van der Waals surface area contributed by atoms with E-state index in [0.717, 1.165) is 30.2 Å². The molecule has 166 valence electrons. The van der Waals surface area contributed by atoms with E-state index >= 15 is 0 Å². The highest BCUT2D eigenvalue weighted by molar-refractivity contribution is 6.30. The maximum Gasteiger partial charge on any atom is 0.159 e. The van der Waals surface area contributed by atoms with Gasteiger partial charge in [0.1, 0.15) is 0 Å². The average molecular weight is 447 g/mol. The monoisotopic (exact) mass is 446 g/mol. The predicted octanol–water partition coefficient (Wildman–Crippen LogP) is 6.23. The second-order valence-electron chi connectivity index (χ2n) is 8.94. The molecule has 0 aromatic heterocycles. The van der Waals surface area contributed by atoms with Crippen LogP contribution in [0.2, 0.25) is 5.02 Å². The molecule has 0 unspecified atom stereocenters. The van der Waals surface area contributed by atoms with Gasteiger partial charge in [-0.3, -0.25) is 14.6 Å².